The predicted octanol–water partition coefficient (Wildman–Crippen LogP) is 3.90. The van der Waals surface area contributed by atoms with Crippen LogP contribution in [0.1, 0.15) is 99.4 Å². The summed E-state index contributed by atoms with van der Waals surface area (Å²) in [5, 5.41) is 23.9. The lowest BCUT2D eigenvalue weighted by molar-refractivity contribution is -0.138. The van der Waals surface area contributed by atoms with Crippen LogP contribution in [0.15, 0.2) is 23.8 Å². The van der Waals surface area contributed by atoms with Crippen molar-refractivity contribution < 1.29 is 34.1 Å². The topological polar surface area (TPSA) is 125 Å². The van der Waals surface area contributed by atoms with E-state index < -0.39 is 30.1 Å². The first-order chi connectivity index (χ1) is 19.9. The number of ether oxygens (including phenoxy) is 2. The SMILES string of the molecule is CCCCCCCC(=O)N(CC1CCCCC1)C1C=C(C(=O)NCCO)C2c3cc(C=O)cc(OC)c3OC2C1O. The van der Waals surface area contributed by atoms with Crippen LogP contribution in [0.2, 0.25) is 0 Å². The molecule has 2 aliphatic carbocycles. The van der Waals surface area contributed by atoms with Crippen molar-refractivity contribution in [1.29, 1.82) is 0 Å². The second-order valence-electron chi connectivity index (χ2n) is 11.6. The van der Waals surface area contributed by atoms with Gasteiger partial charge < -0.3 is 29.9 Å². The Morgan fingerprint density at radius 2 is 1.90 bits per heavy atom. The summed E-state index contributed by atoms with van der Waals surface area (Å²) in [5.41, 5.74) is 1.31. The van der Waals surface area contributed by atoms with Crippen LogP contribution in [0.3, 0.4) is 0 Å². The summed E-state index contributed by atoms with van der Waals surface area (Å²) in [5.74, 6) is -0.00580. The van der Waals surface area contributed by atoms with E-state index in [-0.39, 0.29) is 19.1 Å². The number of amides is 2. The van der Waals surface area contributed by atoms with Crippen LogP contribution in [0.25, 0.3) is 0 Å². The van der Waals surface area contributed by atoms with Gasteiger partial charge in [0, 0.05) is 36.2 Å². The van der Waals surface area contributed by atoms with Crippen LogP contribution >= 0.6 is 0 Å². The Labute approximate surface area is 243 Å². The fraction of sp³-hybridized carbons (Fsp3) is 0.656. The van der Waals surface area contributed by atoms with Gasteiger partial charge in [-0.25, -0.2) is 0 Å². The van der Waals surface area contributed by atoms with E-state index in [1.807, 2.05) is 0 Å². The Hall–Kier alpha value is -2.91. The van der Waals surface area contributed by atoms with E-state index in [9.17, 15) is 24.6 Å². The van der Waals surface area contributed by atoms with Gasteiger partial charge in [-0.3, -0.25) is 14.4 Å². The standard InChI is InChI=1S/C32H46N2O7/c1-3-4-5-6-10-13-27(37)34(19-21-11-8-7-9-12-21)25-18-24(32(39)33-14-15-35)28-23-16-22(20-36)17-26(40-2)30(23)41-31(28)29(25)38/h16-18,20-21,25,28-29,31,35,38H,3-15,19H2,1-2H3,(H,33,39). The second-order valence-corrected chi connectivity index (χ2v) is 11.6. The van der Waals surface area contributed by atoms with Crippen LogP contribution < -0.4 is 14.8 Å². The first-order valence-electron chi connectivity index (χ1n) is 15.4. The normalized spacial score (nSPS) is 23.6. The highest BCUT2D eigenvalue weighted by Crippen LogP contribution is 2.51. The summed E-state index contributed by atoms with van der Waals surface area (Å²) >= 11 is 0. The molecule has 0 spiro atoms. The molecule has 4 unspecified atom stereocenters. The van der Waals surface area contributed by atoms with Crippen LogP contribution in [-0.2, 0) is 9.59 Å². The van der Waals surface area contributed by atoms with E-state index in [0.717, 1.165) is 57.8 Å². The summed E-state index contributed by atoms with van der Waals surface area (Å²) in [4.78, 5) is 40.8. The average molecular weight is 571 g/mol. The molecule has 0 bridgehead atoms. The van der Waals surface area contributed by atoms with E-state index >= 15 is 0 Å². The van der Waals surface area contributed by atoms with E-state index in [1.54, 1.807) is 23.1 Å². The minimum atomic E-state index is -1.10. The van der Waals surface area contributed by atoms with Crippen LogP contribution in [0.5, 0.6) is 11.5 Å². The maximum absolute atomic E-state index is 13.8. The van der Waals surface area contributed by atoms with E-state index in [2.05, 4.69) is 12.2 Å². The van der Waals surface area contributed by atoms with Crippen molar-refractivity contribution >= 4 is 18.1 Å². The van der Waals surface area contributed by atoms with Gasteiger partial charge in [0.2, 0.25) is 11.8 Å². The van der Waals surface area contributed by atoms with Gasteiger partial charge in [0.25, 0.3) is 0 Å². The first-order valence-corrected chi connectivity index (χ1v) is 15.4. The van der Waals surface area contributed by atoms with Gasteiger partial charge in [-0.2, -0.15) is 0 Å². The molecule has 9 heteroatoms. The van der Waals surface area contributed by atoms with Gasteiger partial charge in [0.15, 0.2) is 11.5 Å². The molecule has 0 saturated heterocycles. The monoisotopic (exact) mass is 570 g/mol. The zero-order valence-electron chi connectivity index (χ0n) is 24.5. The lowest BCUT2D eigenvalue weighted by Gasteiger charge is -2.42. The van der Waals surface area contributed by atoms with Crippen molar-refractivity contribution in [1.82, 2.24) is 10.2 Å². The Bertz CT molecular complexity index is 1100. The van der Waals surface area contributed by atoms with Crippen molar-refractivity contribution in [2.24, 2.45) is 5.92 Å². The molecular weight excluding hydrogens is 524 g/mol. The number of carbonyl (C=O) groups excluding carboxylic acids is 3. The van der Waals surface area contributed by atoms with Crippen LogP contribution in [0.4, 0.5) is 0 Å². The second kappa shape index (κ2) is 14.8. The molecular formula is C32H46N2O7. The first kappa shape index (κ1) is 31.0. The number of aldehydes is 1. The average Bonchev–Trinajstić information content (AvgIpc) is 3.39. The summed E-state index contributed by atoms with van der Waals surface area (Å²) in [7, 11) is 1.48. The third-order valence-electron chi connectivity index (χ3n) is 8.76. The Balaban J connectivity index is 1.70. The minimum Gasteiger partial charge on any atom is -0.493 e. The third-order valence-corrected chi connectivity index (χ3v) is 8.76. The lowest BCUT2D eigenvalue weighted by Crippen LogP contribution is -2.56. The molecule has 1 aliphatic heterocycles. The van der Waals surface area contributed by atoms with Gasteiger partial charge in [-0.05, 0) is 43.4 Å². The molecule has 3 N–H and O–H groups in total. The number of methoxy groups -OCH3 is 1. The molecule has 3 aliphatic rings. The number of hydrogen-bond acceptors (Lipinski definition) is 7. The number of unbranched alkanes of at least 4 members (excludes halogenated alkanes) is 4. The number of rotatable bonds is 14. The Morgan fingerprint density at radius 1 is 1.15 bits per heavy atom. The highest BCUT2D eigenvalue weighted by molar-refractivity contribution is 5.96. The number of benzene rings is 1. The zero-order valence-corrected chi connectivity index (χ0v) is 24.5. The maximum Gasteiger partial charge on any atom is 0.247 e. The number of nitrogens with one attached hydrogen (secondary N) is 1. The van der Waals surface area contributed by atoms with E-state index in [1.165, 1.54) is 13.5 Å². The molecule has 4 atom stereocenters. The molecule has 9 nitrogen and oxygen atoms in total. The number of carbonyl (C=O) groups is 3. The molecule has 2 amide bonds. The molecule has 0 aromatic heterocycles. The Morgan fingerprint density at radius 3 is 2.59 bits per heavy atom. The molecule has 1 aromatic carbocycles. The van der Waals surface area contributed by atoms with Gasteiger partial charge >= 0.3 is 0 Å². The quantitative estimate of drug-likeness (QED) is 0.229. The van der Waals surface area contributed by atoms with Gasteiger partial charge in [0.05, 0.1) is 25.7 Å². The van der Waals surface area contributed by atoms with Gasteiger partial charge in [-0.1, -0.05) is 51.9 Å². The lowest BCUT2D eigenvalue weighted by atomic mass is 9.76. The number of fused-ring (bicyclic) bond motifs is 3. The smallest absolute Gasteiger partial charge is 0.247 e. The molecule has 226 valence electrons. The summed E-state index contributed by atoms with van der Waals surface area (Å²) in [6.07, 6.45) is 11.5. The predicted molar refractivity (Wildman–Crippen MR) is 155 cm³/mol. The molecule has 1 saturated carbocycles. The van der Waals surface area contributed by atoms with Crippen molar-refractivity contribution in [3.05, 3.63) is 34.9 Å². The maximum atomic E-state index is 13.8. The van der Waals surface area contributed by atoms with Crippen LogP contribution in [-0.4, -0.2) is 78.3 Å². The van der Waals surface area contributed by atoms with Gasteiger partial charge in [0.1, 0.15) is 18.5 Å². The Kier molecular flexibility index (Phi) is 11.2. The zero-order chi connectivity index (χ0) is 29.4. The fourth-order valence-electron chi connectivity index (χ4n) is 6.62. The fourth-order valence-corrected chi connectivity index (χ4v) is 6.62. The third kappa shape index (κ3) is 7.12. The van der Waals surface area contributed by atoms with Crippen molar-refractivity contribution in [2.75, 3.05) is 26.8 Å². The molecule has 41 heavy (non-hydrogen) atoms. The molecule has 4 rings (SSSR count). The highest BCUT2D eigenvalue weighted by atomic mass is 16.5. The minimum absolute atomic E-state index is 0.0164. The largest absolute Gasteiger partial charge is 0.493 e. The van der Waals surface area contributed by atoms with E-state index in [0.29, 0.717) is 53.4 Å². The van der Waals surface area contributed by atoms with Crippen LogP contribution in [0, 0.1) is 5.92 Å². The summed E-state index contributed by atoms with van der Waals surface area (Å²) < 4.78 is 11.8. The molecule has 1 fully saturated rings. The van der Waals surface area contributed by atoms with Gasteiger partial charge in [-0.15, -0.1) is 0 Å². The highest BCUT2D eigenvalue weighted by Gasteiger charge is 2.51. The summed E-state index contributed by atoms with van der Waals surface area (Å²) in [6.45, 7) is 2.53. The number of aliphatic hydroxyl groups is 2. The molecule has 1 heterocycles. The van der Waals surface area contributed by atoms with Crippen molar-refractivity contribution in [3.8, 4) is 11.5 Å². The van der Waals surface area contributed by atoms with E-state index in [4.69, 9.17) is 9.47 Å². The number of aliphatic hydroxyl groups excluding tert-OH is 2. The summed E-state index contributed by atoms with van der Waals surface area (Å²) in [6, 6.07) is 2.48. The molecule has 0 radical (unpaired) electrons. The van der Waals surface area contributed by atoms with Crippen molar-refractivity contribution in [3.63, 3.8) is 0 Å². The number of nitrogens with zero attached hydrogens (tertiary/aromatic N) is 1. The van der Waals surface area contributed by atoms with Crippen molar-refractivity contribution in [2.45, 2.75) is 102 Å². The number of hydrogen-bond donors (Lipinski definition) is 3. The molecule has 1 aromatic rings.